The molecule has 1 heterocycles. The van der Waals surface area contributed by atoms with Gasteiger partial charge >= 0.3 is 0 Å². The van der Waals surface area contributed by atoms with Crippen molar-refractivity contribution in [3.8, 4) is 0 Å². The maximum atomic E-state index is 4.17. The second-order valence-corrected chi connectivity index (χ2v) is 5.15. The Balaban J connectivity index is 2.01. The van der Waals surface area contributed by atoms with Gasteiger partial charge in [-0.25, -0.2) is 4.98 Å². The van der Waals surface area contributed by atoms with Crippen LogP contribution in [0.5, 0.6) is 0 Å². The van der Waals surface area contributed by atoms with Crippen molar-refractivity contribution in [1.29, 1.82) is 0 Å². The summed E-state index contributed by atoms with van der Waals surface area (Å²) < 4.78 is 3.30. The first-order valence-corrected chi connectivity index (χ1v) is 6.98. The number of imidazole rings is 1. The lowest BCUT2D eigenvalue weighted by atomic mass is 10.1. The molecule has 0 radical (unpaired) electrons. The predicted octanol–water partition coefficient (Wildman–Crippen LogP) is 3.52. The van der Waals surface area contributed by atoms with Crippen molar-refractivity contribution in [2.45, 2.75) is 33.0 Å². The van der Waals surface area contributed by atoms with Gasteiger partial charge in [-0.1, -0.05) is 34.1 Å². The molecular weight excluding hydrogens is 290 g/mol. The van der Waals surface area contributed by atoms with E-state index in [-0.39, 0.29) is 0 Å². The highest BCUT2D eigenvalue weighted by Gasteiger charge is 2.09. The Labute approximate surface area is 116 Å². The van der Waals surface area contributed by atoms with E-state index in [0.29, 0.717) is 6.04 Å². The van der Waals surface area contributed by atoms with Gasteiger partial charge in [-0.05, 0) is 25.5 Å². The molecule has 2 rings (SSSR count). The van der Waals surface area contributed by atoms with Crippen LogP contribution in [-0.4, -0.2) is 9.55 Å². The Morgan fingerprint density at radius 3 is 2.89 bits per heavy atom. The topological polar surface area (TPSA) is 29.9 Å². The van der Waals surface area contributed by atoms with Crippen LogP contribution in [0, 0.1) is 0 Å². The zero-order chi connectivity index (χ0) is 13.0. The highest BCUT2D eigenvalue weighted by Crippen LogP contribution is 2.22. The molecule has 0 fully saturated rings. The zero-order valence-electron chi connectivity index (χ0n) is 10.7. The summed E-state index contributed by atoms with van der Waals surface area (Å²) in [6.07, 6.45) is 3.80. The number of hydrogen-bond acceptors (Lipinski definition) is 2. The van der Waals surface area contributed by atoms with Crippen LogP contribution < -0.4 is 5.32 Å². The van der Waals surface area contributed by atoms with Gasteiger partial charge in [-0.2, -0.15) is 0 Å². The van der Waals surface area contributed by atoms with Crippen LogP contribution in [-0.2, 0) is 13.1 Å². The van der Waals surface area contributed by atoms with Crippen LogP contribution in [0.3, 0.4) is 0 Å². The van der Waals surface area contributed by atoms with Crippen molar-refractivity contribution >= 4 is 15.9 Å². The molecule has 3 nitrogen and oxygen atoms in total. The van der Waals surface area contributed by atoms with Gasteiger partial charge in [-0.3, -0.25) is 0 Å². The van der Waals surface area contributed by atoms with Gasteiger partial charge in [0.2, 0.25) is 0 Å². The molecule has 18 heavy (non-hydrogen) atoms. The minimum atomic E-state index is 0.306. The van der Waals surface area contributed by atoms with Crippen molar-refractivity contribution in [3.63, 3.8) is 0 Å². The smallest absolute Gasteiger partial charge is 0.0948 e. The summed E-state index contributed by atoms with van der Waals surface area (Å²) in [4.78, 5) is 4.17. The third-order valence-electron chi connectivity index (χ3n) is 3.10. The van der Waals surface area contributed by atoms with Gasteiger partial charge < -0.3 is 9.88 Å². The van der Waals surface area contributed by atoms with Gasteiger partial charge in [-0.15, -0.1) is 0 Å². The predicted molar refractivity (Wildman–Crippen MR) is 77.3 cm³/mol. The van der Waals surface area contributed by atoms with Gasteiger partial charge in [0.15, 0.2) is 0 Å². The van der Waals surface area contributed by atoms with E-state index in [1.165, 1.54) is 11.3 Å². The standard InChI is InChI=1S/C14H18BrN3/c1-3-18-10-16-8-12(18)9-17-11(2)13-6-4-5-7-14(13)15/h4-8,10-11,17H,3,9H2,1-2H3. The second kappa shape index (κ2) is 6.16. The number of halogens is 1. The molecule has 0 aliphatic heterocycles. The maximum Gasteiger partial charge on any atom is 0.0948 e. The van der Waals surface area contributed by atoms with E-state index < -0.39 is 0 Å². The van der Waals surface area contributed by atoms with E-state index in [1.54, 1.807) is 0 Å². The third-order valence-corrected chi connectivity index (χ3v) is 3.82. The molecule has 0 saturated carbocycles. The van der Waals surface area contributed by atoms with Crippen molar-refractivity contribution in [2.75, 3.05) is 0 Å². The van der Waals surface area contributed by atoms with E-state index in [2.05, 4.69) is 62.8 Å². The average molecular weight is 308 g/mol. The summed E-state index contributed by atoms with van der Waals surface area (Å²) in [6, 6.07) is 8.62. The lowest BCUT2D eigenvalue weighted by Gasteiger charge is -2.16. The number of nitrogens with zero attached hydrogens (tertiary/aromatic N) is 2. The van der Waals surface area contributed by atoms with Gasteiger partial charge in [0.05, 0.1) is 12.0 Å². The molecule has 1 aromatic heterocycles. The lowest BCUT2D eigenvalue weighted by molar-refractivity contribution is 0.548. The minimum Gasteiger partial charge on any atom is -0.334 e. The number of benzene rings is 1. The Morgan fingerprint density at radius 1 is 1.39 bits per heavy atom. The molecular formula is C14H18BrN3. The average Bonchev–Trinajstić information content (AvgIpc) is 2.84. The first-order chi connectivity index (χ1) is 8.72. The first-order valence-electron chi connectivity index (χ1n) is 6.19. The zero-order valence-corrected chi connectivity index (χ0v) is 12.3. The van der Waals surface area contributed by atoms with Gasteiger partial charge in [0.1, 0.15) is 0 Å². The number of aryl methyl sites for hydroxylation is 1. The quantitative estimate of drug-likeness (QED) is 0.916. The minimum absolute atomic E-state index is 0.306. The normalized spacial score (nSPS) is 12.6. The number of nitrogens with one attached hydrogen (secondary N) is 1. The van der Waals surface area contributed by atoms with Crippen LogP contribution in [0.15, 0.2) is 41.3 Å². The number of hydrogen-bond donors (Lipinski definition) is 1. The monoisotopic (exact) mass is 307 g/mol. The fraction of sp³-hybridized carbons (Fsp3) is 0.357. The van der Waals surface area contributed by atoms with Crippen LogP contribution in [0.4, 0.5) is 0 Å². The molecule has 0 amide bonds. The molecule has 0 aliphatic rings. The lowest BCUT2D eigenvalue weighted by Crippen LogP contribution is -2.20. The highest BCUT2D eigenvalue weighted by atomic mass is 79.9. The molecule has 1 atom stereocenters. The number of rotatable bonds is 5. The molecule has 0 spiro atoms. The van der Waals surface area contributed by atoms with Crippen LogP contribution >= 0.6 is 15.9 Å². The van der Waals surface area contributed by atoms with E-state index in [4.69, 9.17) is 0 Å². The SMILES string of the molecule is CCn1cncc1CNC(C)c1ccccc1Br. The van der Waals surface area contributed by atoms with E-state index in [0.717, 1.165) is 17.6 Å². The molecule has 2 aromatic rings. The molecule has 0 saturated heterocycles. The van der Waals surface area contributed by atoms with Crippen LogP contribution in [0.25, 0.3) is 0 Å². The summed E-state index contributed by atoms with van der Waals surface area (Å²) in [5.74, 6) is 0. The summed E-state index contributed by atoms with van der Waals surface area (Å²) in [6.45, 7) is 6.09. The van der Waals surface area contributed by atoms with Crippen LogP contribution in [0.2, 0.25) is 0 Å². The summed E-state index contributed by atoms with van der Waals surface area (Å²) in [5.41, 5.74) is 2.50. The molecule has 1 aromatic carbocycles. The van der Waals surface area contributed by atoms with E-state index in [9.17, 15) is 0 Å². The summed E-state index contributed by atoms with van der Waals surface area (Å²) in [7, 11) is 0. The molecule has 1 unspecified atom stereocenters. The molecule has 0 bridgehead atoms. The number of aromatic nitrogens is 2. The van der Waals surface area contributed by atoms with E-state index >= 15 is 0 Å². The Kier molecular flexibility index (Phi) is 4.55. The molecule has 4 heteroatoms. The van der Waals surface area contributed by atoms with Crippen molar-refractivity contribution in [2.24, 2.45) is 0 Å². The fourth-order valence-corrected chi connectivity index (χ4v) is 2.60. The van der Waals surface area contributed by atoms with E-state index in [1.807, 2.05) is 18.6 Å². The molecule has 0 aliphatic carbocycles. The van der Waals surface area contributed by atoms with Crippen LogP contribution in [0.1, 0.15) is 31.1 Å². The third kappa shape index (κ3) is 3.00. The highest BCUT2D eigenvalue weighted by molar-refractivity contribution is 9.10. The molecule has 96 valence electrons. The Hall–Kier alpha value is -1.13. The maximum absolute atomic E-state index is 4.17. The van der Waals surface area contributed by atoms with Gasteiger partial charge in [0, 0.05) is 29.8 Å². The van der Waals surface area contributed by atoms with Crippen molar-refractivity contribution in [3.05, 3.63) is 52.5 Å². The molecule has 1 N–H and O–H groups in total. The Bertz CT molecular complexity index is 507. The second-order valence-electron chi connectivity index (χ2n) is 4.30. The Morgan fingerprint density at radius 2 is 2.17 bits per heavy atom. The van der Waals surface area contributed by atoms with Crippen molar-refractivity contribution in [1.82, 2.24) is 14.9 Å². The first kappa shape index (κ1) is 13.3. The van der Waals surface area contributed by atoms with Crippen molar-refractivity contribution < 1.29 is 0 Å². The largest absolute Gasteiger partial charge is 0.334 e. The summed E-state index contributed by atoms with van der Waals surface area (Å²) in [5, 5.41) is 3.53. The van der Waals surface area contributed by atoms with Gasteiger partial charge in [0.25, 0.3) is 0 Å². The fourth-order valence-electron chi connectivity index (χ4n) is 1.97. The summed E-state index contributed by atoms with van der Waals surface area (Å²) >= 11 is 3.59.